The van der Waals surface area contributed by atoms with E-state index in [4.69, 9.17) is 2.74 Å². The lowest BCUT2D eigenvalue weighted by Crippen LogP contribution is -2.61. The van der Waals surface area contributed by atoms with Crippen molar-refractivity contribution in [1.29, 1.82) is 0 Å². The molecule has 8 aliphatic rings. The summed E-state index contributed by atoms with van der Waals surface area (Å²) in [5.41, 5.74) is 43.9. The predicted molar refractivity (Wildman–Crippen MR) is 653 cm³/mol. The first-order valence-corrected chi connectivity index (χ1v) is 53.5. The van der Waals surface area contributed by atoms with Crippen LogP contribution in [0.4, 0.5) is 136 Å². The van der Waals surface area contributed by atoms with Crippen LogP contribution in [0.25, 0.3) is 0 Å². The van der Waals surface area contributed by atoms with E-state index in [9.17, 15) is 0 Å². The maximum atomic E-state index is 8.79. The third-order valence-electron chi connectivity index (χ3n) is 27.2. The first-order chi connectivity index (χ1) is 74.5. The van der Waals surface area contributed by atoms with Crippen molar-refractivity contribution in [3.8, 4) is 0 Å². The summed E-state index contributed by atoms with van der Waals surface area (Å²) in [6.45, 7) is 32.6. The Morgan fingerprint density at radius 1 is 0.115 bits per heavy atom. The lowest BCUT2D eigenvalue weighted by Gasteiger charge is -2.44. The first kappa shape index (κ1) is 99.8. The lowest BCUT2D eigenvalue weighted by atomic mass is 9.33. The van der Waals surface area contributed by atoms with Crippen molar-refractivity contribution < 1.29 is 2.74 Å². The number of hydrogen-bond acceptors (Lipinski definition) is 8. The van der Waals surface area contributed by atoms with E-state index in [1.807, 2.05) is 159 Å². The Morgan fingerprint density at radius 3 is 0.345 bits per heavy atom. The van der Waals surface area contributed by atoms with Crippen LogP contribution in [-0.4, -0.2) is 26.9 Å². The smallest absolute Gasteiger partial charge is 0.252 e. The van der Waals surface area contributed by atoms with E-state index in [-0.39, 0.29) is 26.9 Å². The second-order valence-electron chi connectivity index (χ2n) is 34.3. The number of para-hydroxylation sites is 16. The summed E-state index contributed by atoms with van der Waals surface area (Å²) in [7, 11) is 0. The highest BCUT2D eigenvalue weighted by molar-refractivity contribution is 7.02. The Kier molecular flexibility index (Phi) is 32.8. The van der Waals surface area contributed by atoms with Crippen molar-refractivity contribution in [3.05, 3.63) is 510 Å². The highest BCUT2D eigenvalue weighted by Gasteiger charge is 2.48. The quantitative estimate of drug-likeness (QED) is 0.139. The third-order valence-corrected chi connectivity index (χ3v) is 27.2. The predicted octanol–water partition coefficient (Wildman–Crippen LogP) is 31.3. The molecule has 12 heteroatoms. The van der Waals surface area contributed by atoms with Gasteiger partial charge in [-0.05, 0) is 260 Å². The van der Waals surface area contributed by atoms with Gasteiger partial charge in [0.15, 0.2) is 0 Å². The van der Waals surface area contributed by atoms with Crippen LogP contribution in [-0.2, 0) is 0 Å². The van der Waals surface area contributed by atoms with Gasteiger partial charge in [0.2, 0.25) is 0 Å². The maximum Gasteiger partial charge on any atom is 0.252 e. The Balaban J connectivity index is 0.000000130. The molecule has 28 rings (SSSR count). The second-order valence-corrected chi connectivity index (χ2v) is 34.3. The molecule has 0 N–H and O–H groups in total. The molecule has 0 atom stereocenters. The molecule has 0 spiro atoms. The molecule has 0 radical (unpaired) electrons. The molecule has 20 aromatic rings. The SMILES string of the molecule is CC.CC.CC.CC.CC.CC.CC.CC.[2H]c1cc2c3c(c1)N(c1ccccc1)c1ccccc1B3c1ccccc1N2c1ccccc1.[2H]c1cc2c3c(c1)N(c1ccccc1)c1ccccc1B3c1ccccc1N2c1ccccc1.c1ccc(N2c3ccccc3B3c4ccccc4N(c4ccccc4)c4cccc2c43)cc1.c1ccc(N2c3ccccc3B3c4ccccc4N(c4ccccc4)c4cccc2c43)cc1. The Bertz CT molecular complexity index is 6990. The molecule has 0 aliphatic carbocycles. The molecule has 728 valence electrons. The lowest BCUT2D eigenvalue weighted by molar-refractivity contribution is 1.25. The van der Waals surface area contributed by atoms with Crippen LogP contribution >= 0.6 is 0 Å². The Morgan fingerprint density at radius 2 is 0.216 bits per heavy atom. The highest BCUT2D eigenvalue weighted by atomic mass is 15.2. The van der Waals surface area contributed by atoms with Crippen LogP contribution in [0.3, 0.4) is 0 Å². The van der Waals surface area contributed by atoms with Gasteiger partial charge in [0.25, 0.3) is 26.9 Å². The fraction of sp³-hybridized carbons (Fsp3) is 0.118. The summed E-state index contributed by atoms with van der Waals surface area (Å²) >= 11 is 0. The van der Waals surface area contributed by atoms with Gasteiger partial charge < -0.3 is 39.2 Å². The van der Waals surface area contributed by atoms with Gasteiger partial charge in [-0.2, -0.15) is 0 Å². The minimum atomic E-state index is 0.109. The number of fused-ring (bicyclic) bond motifs is 16. The van der Waals surface area contributed by atoms with Crippen LogP contribution in [0, 0.1) is 0 Å². The van der Waals surface area contributed by atoms with E-state index in [2.05, 4.69) is 488 Å². The number of hydrogen-bond donors (Lipinski definition) is 0. The van der Waals surface area contributed by atoms with Crippen molar-refractivity contribution in [2.75, 3.05) is 39.2 Å². The molecule has 0 saturated carbocycles. The van der Waals surface area contributed by atoms with Gasteiger partial charge in [0.05, 0.1) is 2.74 Å². The summed E-state index contributed by atoms with van der Waals surface area (Å²) in [6, 6.07) is 178. The minimum absolute atomic E-state index is 0.109. The average Bonchev–Trinajstić information content (AvgIpc) is 0.714. The minimum Gasteiger partial charge on any atom is -0.311 e. The summed E-state index contributed by atoms with van der Waals surface area (Å²) in [6.07, 6.45) is 0. The fourth-order valence-electron chi connectivity index (χ4n) is 22.0. The zero-order chi connectivity index (χ0) is 105. The van der Waals surface area contributed by atoms with Crippen molar-refractivity contribution in [1.82, 2.24) is 0 Å². The monoisotopic (exact) mass is 1920 g/mol. The third kappa shape index (κ3) is 18.9. The molecule has 20 aromatic carbocycles. The van der Waals surface area contributed by atoms with Crippen LogP contribution in [0.15, 0.2) is 510 Å². The number of rotatable bonds is 8. The van der Waals surface area contributed by atoms with Gasteiger partial charge >= 0.3 is 0 Å². The fourth-order valence-corrected chi connectivity index (χ4v) is 22.0. The summed E-state index contributed by atoms with van der Waals surface area (Å²) in [4.78, 5) is 19.0. The molecule has 8 heterocycles. The molecule has 0 amide bonds. The van der Waals surface area contributed by atoms with Crippen LogP contribution in [0.2, 0.25) is 0 Å². The van der Waals surface area contributed by atoms with Gasteiger partial charge in [-0.25, -0.2) is 0 Å². The van der Waals surface area contributed by atoms with Gasteiger partial charge in [-0.15, -0.1) is 0 Å². The van der Waals surface area contributed by atoms with Crippen molar-refractivity contribution >= 4 is 229 Å². The van der Waals surface area contributed by atoms with E-state index in [1.54, 1.807) is 0 Å². The topological polar surface area (TPSA) is 25.9 Å². The van der Waals surface area contributed by atoms with Gasteiger partial charge in [-0.1, -0.05) is 426 Å². The average molecular weight is 1920 g/mol. The molecule has 0 unspecified atom stereocenters. The van der Waals surface area contributed by atoms with E-state index >= 15 is 0 Å². The number of benzene rings is 20. The zero-order valence-corrected chi connectivity index (χ0v) is 88.2. The molecule has 8 nitrogen and oxygen atoms in total. The second kappa shape index (κ2) is 48.6. The van der Waals surface area contributed by atoms with Gasteiger partial charge in [-0.3, -0.25) is 0 Å². The molecule has 0 fully saturated rings. The largest absolute Gasteiger partial charge is 0.311 e. The van der Waals surface area contributed by atoms with Crippen LogP contribution < -0.4 is 105 Å². The van der Waals surface area contributed by atoms with E-state index in [1.165, 1.54) is 157 Å². The van der Waals surface area contributed by atoms with E-state index in [0.29, 0.717) is 12.1 Å². The first-order valence-electron chi connectivity index (χ1n) is 54.5. The van der Waals surface area contributed by atoms with Crippen LogP contribution in [0.5, 0.6) is 0 Å². The standard InChI is InChI=1S/4C30H21BN2.8C2H6/c4*1-3-12-22(13-4-1)32-26-18-9-7-16-24(26)31-25-17-8-10-19-27(25)33(23-14-5-2-6-15-23)29-21-11-20-28(32)30(29)31;8*1-2/h4*1-21H;8*1-2H3/i2*11D;;;;;;;;;;. The van der Waals surface area contributed by atoms with Crippen LogP contribution in [0.1, 0.15) is 114 Å². The highest BCUT2D eigenvalue weighted by Crippen LogP contribution is 2.50. The summed E-state index contributed by atoms with van der Waals surface area (Å²) < 4.78 is 17.6. The zero-order valence-electron chi connectivity index (χ0n) is 90.2. The molecule has 0 bridgehead atoms. The van der Waals surface area contributed by atoms with E-state index in [0.717, 1.165) is 45.5 Å². The van der Waals surface area contributed by atoms with Crippen molar-refractivity contribution in [2.24, 2.45) is 0 Å². The van der Waals surface area contributed by atoms with Gasteiger partial charge in [0.1, 0.15) is 0 Å². The van der Waals surface area contributed by atoms with Gasteiger partial charge in [0, 0.05) is 136 Å². The normalized spacial score (nSPS) is 12.4. The Hall–Kier alpha value is -16.9. The summed E-state index contributed by atoms with van der Waals surface area (Å²) in [5.74, 6) is 0. The van der Waals surface area contributed by atoms with Crippen molar-refractivity contribution in [3.63, 3.8) is 0 Å². The molecule has 0 saturated heterocycles. The number of nitrogens with zero attached hydrogens (tertiary/aromatic N) is 8. The molecule has 0 aromatic heterocycles. The Labute approximate surface area is 885 Å². The molecule has 8 aliphatic heterocycles. The molecular formula is C136H132B4N8. The summed E-state index contributed by atoms with van der Waals surface area (Å²) in [5, 5.41) is 0. The van der Waals surface area contributed by atoms with E-state index < -0.39 is 0 Å². The number of anilines is 24. The molecular weight excluding hydrogens is 1790 g/mol. The van der Waals surface area contributed by atoms with Crippen molar-refractivity contribution in [2.45, 2.75) is 111 Å². The maximum absolute atomic E-state index is 8.79. The molecule has 148 heavy (non-hydrogen) atoms.